The lowest BCUT2D eigenvalue weighted by Gasteiger charge is -2.16. The van der Waals surface area contributed by atoms with Crippen LogP contribution in [0.5, 0.6) is 0 Å². The number of fused-ring (bicyclic) bond motifs is 3. The number of furan rings is 1. The molecule has 6 rings (SSSR count). The van der Waals surface area contributed by atoms with Gasteiger partial charge in [0.2, 0.25) is 0 Å². The number of carbonyl (C=O) groups excluding carboxylic acids is 1. The zero-order chi connectivity index (χ0) is 23.9. The second kappa shape index (κ2) is 8.36. The fourth-order valence-corrected chi connectivity index (χ4v) is 4.63. The molecule has 0 amide bonds. The summed E-state index contributed by atoms with van der Waals surface area (Å²) in [4.78, 5) is 38.2. The van der Waals surface area contributed by atoms with Gasteiger partial charge in [-0.1, -0.05) is 30.3 Å². The lowest BCUT2D eigenvalue weighted by atomic mass is 10.0. The zero-order valence-corrected chi connectivity index (χ0v) is 18.9. The van der Waals surface area contributed by atoms with Gasteiger partial charge in [-0.25, -0.2) is 14.8 Å². The number of rotatable bonds is 4. The molecule has 0 bridgehead atoms. The highest BCUT2D eigenvalue weighted by atomic mass is 16.5. The van der Waals surface area contributed by atoms with Crippen LogP contribution in [0.25, 0.3) is 33.5 Å². The van der Waals surface area contributed by atoms with Crippen LogP contribution in [0.4, 0.5) is 0 Å². The second-order valence-electron chi connectivity index (χ2n) is 8.53. The number of aromatic amines is 1. The predicted molar refractivity (Wildman–Crippen MR) is 133 cm³/mol. The Balaban J connectivity index is 1.41. The molecule has 172 valence electrons. The molecule has 3 heterocycles. The van der Waals surface area contributed by atoms with Crippen LogP contribution >= 0.6 is 0 Å². The second-order valence-corrected chi connectivity index (χ2v) is 8.53. The quantitative estimate of drug-likeness (QED) is 0.355. The first-order chi connectivity index (χ1) is 17.1. The summed E-state index contributed by atoms with van der Waals surface area (Å²) in [5, 5.41) is 1.23. The van der Waals surface area contributed by atoms with Crippen molar-refractivity contribution < 1.29 is 13.9 Å². The smallest absolute Gasteiger partial charge is 0.339 e. The first kappa shape index (κ1) is 21.0. The highest BCUT2D eigenvalue weighted by molar-refractivity contribution is 6.07. The van der Waals surface area contributed by atoms with Crippen LogP contribution in [0.15, 0.2) is 76.1 Å². The molecule has 0 radical (unpaired) electrons. The average Bonchev–Trinajstić information content (AvgIpc) is 3.53. The summed E-state index contributed by atoms with van der Waals surface area (Å²) in [6.07, 6.45) is 4.26. The van der Waals surface area contributed by atoms with Gasteiger partial charge < -0.3 is 14.1 Å². The number of benzene rings is 2. The summed E-state index contributed by atoms with van der Waals surface area (Å²) in [5.41, 5.74) is 4.17. The molecule has 5 aromatic rings. The van der Waals surface area contributed by atoms with E-state index in [9.17, 15) is 9.59 Å². The molecule has 0 saturated carbocycles. The minimum absolute atomic E-state index is 0.267. The summed E-state index contributed by atoms with van der Waals surface area (Å²) in [6, 6.07) is 18.4. The van der Waals surface area contributed by atoms with E-state index in [1.165, 1.54) is 0 Å². The fraction of sp³-hybridized carbons (Fsp3) is 0.143. The molecule has 1 aliphatic rings. The monoisotopic (exact) mass is 463 g/mol. The molecule has 1 atom stereocenters. The van der Waals surface area contributed by atoms with Gasteiger partial charge in [-0.05, 0) is 67.3 Å². The third kappa shape index (κ3) is 3.71. The van der Waals surface area contributed by atoms with Crippen molar-refractivity contribution in [1.29, 1.82) is 0 Å². The standard InChI is InChI=1S/C28H21N3O4/c1-16(26-30-23-11-5-3-9-20(23)27(32)31-26)35-28(33)24-19-8-2-4-10-22(19)29-25-17(12-13-21(24)25)15-18-7-6-14-34-18/h2-11,14-16H,12-13H2,1H3,(H,30,31,32). The number of ether oxygens (including phenoxy) is 1. The molecule has 0 aliphatic heterocycles. The molecule has 1 aliphatic carbocycles. The Morgan fingerprint density at radius 3 is 2.51 bits per heavy atom. The van der Waals surface area contributed by atoms with Gasteiger partial charge >= 0.3 is 5.97 Å². The van der Waals surface area contributed by atoms with Crippen molar-refractivity contribution >= 4 is 39.4 Å². The van der Waals surface area contributed by atoms with Gasteiger partial charge in [-0.15, -0.1) is 0 Å². The van der Waals surface area contributed by atoms with E-state index < -0.39 is 12.1 Å². The molecule has 35 heavy (non-hydrogen) atoms. The lowest BCUT2D eigenvalue weighted by Crippen LogP contribution is -2.18. The Morgan fingerprint density at radius 2 is 1.74 bits per heavy atom. The third-order valence-corrected chi connectivity index (χ3v) is 6.31. The Kier molecular flexibility index (Phi) is 5.03. The van der Waals surface area contributed by atoms with Gasteiger partial charge in [-0.3, -0.25) is 4.79 Å². The maximum absolute atomic E-state index is 13.6. The summed E-state index contributed by atoms with van der Waals surface area (Å²) in [5.74, 6) is 0.574. The van der Waals surface area contributed by atoms with Gasteiger partial charge in [0.05, 0.1) is 33.9 Å². The molecule has 3 aromatic heterocycles. The average molecular weight is 463 g/mol. The molecule has 1 unspecified atom stereocenters. The largest absolute Gasteiger partial charge is 0.465 e. The van der Waals surface area contributed by atoms with Crippen molar-refractivity contribution in [1.82, 2.24) is 15.0 Å². The van der Waals surface area contributed by atoms with Crippen LogP contribution in [0.1, 0.15) is 52.6 Å². The molecular formula is C28H21N3O4. The SMILES string of the molecule is CC(OC(=O)c1c2c(nc3ccccc13)C(=Cc1ccco1)CC2)c1nc2ccccc2c(=O)[nH]1. The van der Waals surface area contributed by atoms with Gasteiger partial charge in [0.25, 0.3) is 5.56 Å². The number of hydrogen-bond donors (Lipinski definition) is 1. The van der Waals surface area contributed by atoms with Crippen molar-refractivity contribution in [2.24, 2.45) is 0 Å². The zero-order valence-electron chi connectivity index (χ0n) is 18.9. The fourth-order valence-electron chi connectivity index (χ4n) is 4.63. The van der Waals surface area contributed by atoms with Crippen molar-refractivity contribution in [3.05, 3.63) is 106 Å². The van der Waals surface area contributed by atoms with E-state index in [-0.39, 0.29) is 5.56 Å². The summed E-state index contributed by atoms with van der Waals surface area (Å²) >= 11 is 0. The number of pyridine rings is 1. The van der Waals surface area contributed by atoms with Gasteiger partial charge in [-0.2, -0.15) is 0 Å². The maximum Gasteiger partial charge on any atom is 0.339 e. The Labute approximate surface area is 200 Å². The first-order valence-electron chi connectivity index (χ1n) is 11.4. The van der Waals surface area contributed by atoms with E-state index in [0.29, 0.717) is 28.7 Å². The number of nitrogens with zero attached hydrogens (tertiary/aromatic N) is 2. The number of esters is 1. The van der Waals surface area contributed by atoms with Crippen molar-refractivity contribution in [2.45, 2.75) is 25.9 Å². The van der Waals surface area contributed by atoms with E-state index in [1.807, 2.05) is 48.5 Å². The highest BCUT2D eigenvalue weighted by Crippen LogP contribution is 2.38. The van der Waals surface area contributed by atoms with E-state index >= 15 is 0 Å². The van der Waals surface area contributed by atoms with E-state index in [4.69, 9.17) is 14.1 Å². The first-order valence-corrected chi connectivity index (χ1v) is 11.4. The van der Waals surface area contributed by atoms with Crippen LogP contribution in [-0.2, 0) is 11.2 Å². The number of aromatic nitrogens is 3. The molecule has 0 fully saturated rings. The molecule has 1 N–H and O–H groups in total. The van der Waals surface area contributed by atoms with Crippen molar-refractivity contribution in [3.63, 3.8) is 0 Å². The molecule has 7 nitrogen and oxygen atoms in total. The van der Waals surface area contributed by atoms with E-state index in [0.717, 1.165) is 39.9 Å². The molecule has 7 heteroatoms. The van der Waals surface area contributed by atoms with E-state index in [1.54, 1.807) is 31.4 Å². The normalized spacial score (nSPS) is 14.9. The number of H-pyrrole nitrogens is 1. The number of hydrogen-bond acceptors (Lipinski definition) is 6. The number of nitrogens with one attached hydrogen (secondary N) is 1. The predicted octanol–water partition coefficient (Wildman–Crippen LogP) is 5.47. The summed E-state index contributed by atoms with van der Waals surface area (Å²) in [7, 11) is 0. The van der Waals surface area contributed by atoms with Gasteiger partial charge in [0, 0.05) is 5.39 Å². The molecular weight excluding hydrogens is 442 g/mol. The van der Waals surface area contributed by atoms with Gasteiger partial charge in [0.15, 0.2) is 11.9 Å². The minimum Gasteiger partial charge on any atom is -0.465 e. The Morgan fingerprint density at radius 1 is 1.00 bits per heavy atom. The molecule has 0 spiro atoms. The van der Waals surface area contributed by atoms with Crippen molar-refractivity contribution in [3.8, 4) is 0 Å². The summed E-state index contributed by atoms with van der Waals surface area (Å²) < 4.78 is 11.3. The Hall–Kier alpha value is -4.52. The van der Waals surface area contributed by atoms with Gasteiger partial charge in [0.1, 0.15) is 5.76 Å². The van der Waals surface area contributed by atoms with E-state index in [2.05, 4.69) is 9.97 Å². The number of para-hydroxylation sites is 2. The van der Waals surface area contributed by atoms with Crippen LogP contribution in [0.2, 0.25) is 0 Å². The third-order valence-electron chi connectivity index (χ3n) is 6.31. The van der Waals surface area contributed by atoms with Crippen LogP contribution in [-0.4, -0.2) is 20.9 Å². The molecule has 0 saturated heterocycles. The highest BCUT2D eigenvalue weighted by Gasteiger charge is 2.29. The van der Waals surface area contributed by atoms with Crippen molar-refractivity contribution in [2.75, 3.05) is 0 Å². The molecule has 2 aromatic carbocycles. The lowest BCUT2D eigenvalue weighted by molar-refractivity contribution is 0.0321. The van der Waals surface area contributed by atoms with Crippen LogP contribution < -0.4 is 5.56 Å². The van der Waals surface area contributed by atoms with Crippen LogP contribution in [0.3, 0.4) is 0 Å². The topological polar surface area (TPSA) is 98.1 Å². The number of carbonyl (C=O) groups is 1. The van der Waals surface area contributed by atoms with Crippen LogP contribution in [0, 0.1) is 0 Å². The summed E-state index contributed by atoms with van der Waals surface area (Å²) in [6.45, 7) is 1.71. The Bertz CT molecular complexity index is 1680. The number of allylic oxidation sites excluding steroid dienone is 1. The minimum atomic E-state index is -0.748. The maximum atomic E-state index is 13.6.